The van der Waals surface area contributed by atoms with E-state index in [1.807, 2.05) is 53.5 Å². The quantitative estimate of drug-likeness (QED) is 0.342. The summed E-state index contributed by atoms with van der Waals surface area (Å²) in [7, 11) is 0. The number of nitrogens with one attached hydrogen (secondary N) is 1. The van der Waals surface area contributed by atoms with Gasteiger partial charge in [-0.1, -0.05) is 60.7 Å². The van der Waals surface area contributed by atoms with E-state index >= 15 is 0 Å². The van der Waals surface area contributed by atoms with Gasteiger partial charge in [0.15, 0.2) is 11.6 Å². The Morgan fingerprint density at radius 1 is 1.03 bits per heavy atom. The van der Waals surface area contributed by atoms with Crippen LogP contribution in [0, 0.1) is 16.0 Å². The molecule has 1 saturated heterocycles. The standard InChI is InChI=1S/C28H21N3O5/c1-16(32)25-24(26(33)18-8-6-9-19(15-18)31(35)36)28(20-10-3-4-11-21(20)29-27(28)34)23-14-13-17-7-2-5-12-22(17)30(23)25/h2-15,23-25H,1H3,(H,29,34)/t23-,24+,25+,28-/m0/s1. The summed E-state index contributed by atoms with van der Waals surface area (Å²) in [5.74, 6) is -2.22. The Morgan fingerprint density at radius 2 is 1.78 bits per heavy atom. The van der Waals surface area contributed by atoms with Gasteiger partial charge in [0.1, 0.15) is 5.41 Å². The summed E-state index contributed by atoms with van der Waals surface area (Å²) in [5, 5.41) is 14.4. The van der Waals surface area contributed by atoms with Crippen molar-refractivity contribution >= 4 is 40.6 Å². The second-order valence-corrected chi connectivity index (χ2v) is 9.34. The van der Waals surface area contributed by atoms with Crippen LogP contribution in [0.15, 0.2) is 78.9 Å². The number of ketones is 2. The van der Waals surface area contributed by atoms with E-state index in [4.69, 9.17) is 0 Å². The highest BCUT2D eigenvalue weighted by molar-refractivity contribution is 6.16. The number of hydrogen-bond donors (Lipinski definition) is 1. The molecule has 3 aliphatic heterocycles. The molecule has 1 amide bonds. The van der Waals surface area contributed by atoms with E-state index in [0.29, 0.717) is 11.3 Å². The lowest BCUT2D eigenvalue weighted by atomic mass is 9.64. The first-order chi connectivity index (χ1) is 17.4. The fraction of sp³-hybridized carbons (Fsp3) is 0.179. The lowest BCUT2D eigenvalue weighted by Crippen LogP contribution is -2.51. The molecule has 0 unspecified atom stereocenters. The monoisotopic (exact) mass is 479 g/mol. The van der Waals surface area contributed by atoms with Crippen LogP contribution in [-0.4, -0.2) is 34.5 Å². The fourth-order valence-electron chi connectivity index (χ4n) is 6.22. The van der Waals surface area contributed by atoms with Gasteiger partial charge in [0.05, 0.1) is 22.9 Å². The fourth-order valence-corrected chi connectivity index (χ4v) is 6.22. The van der Waals surface area contributed by atoms with Gasteiger partial charge in [0, 0.05) is 29.1 Å². The number of amides is 1. The lowest BCUT2D eigenvalue weighted by molar-refractivity contribution is -0.384. The Bertz CT molecular complexity index is 1510. The Hall–Kier alpha value is -4.59. The molecule has 178 valence electrons. The third kappa shape index (κ3) is 2.78. The van der Waals surface area contributed by atoms with Crippen molar-refractivity contribution in [2.24, 2.45) is 5.92 Å². The predicted molar refractivity (Wildman–Crippen MR) is 134 cm³/mol. The maximum absolute atomic E-state index is 14.3. The van der Waals surface area contributed by atoms with Crippen molar-refractivity contribution in [2.45, 2.75) is 24.4 Å². The molecule has 1 fully saturated rings. The highest BCUT2D eigenvalue weighted by Crippen LogP contribution is 2.57. The molecule has 4 atom stereocenters. The number of non-ortho nitro benzene ring substituents is 1. The highest BCUT2D eigenvalue weighted by Gasteiger charge is 2.69. The lowest BCUT2D eigenvalue weighted by Gasteiger charge is -2.37. The average Bonchev–Trinajstić information content (AvgIpc) is 3.37. The minimum Gasteiger partial charge on any atom is -0.352 e. The van der Waals surface area contributed by atoms with E-state index in [9.17, 15) is 24.5 Å². The molecular formula is C28H21N3O5. The summed E-state index contributed by atoms with van der Waals surface area (Å²) in [6, 6.07) is 18.7. The zero-order valence-corrected chi connectivity index (χ0v) is 19.3. The molecule has 0 radical (unpaired) electrons. The van der Waals surface area contributed by atoms with E-state index in [1.165, 1.54) is 31.2 Å². The Labute approximate surface area is 206 Å². The third-order valence-corrected chi connectivity index (χ3v) is 7.58. The second kappa shape index (κ2) is 7.71. The molecular weight excluding hydrogens is 458 g/mol. The minimum absolute atomic E-state index is 0.0918. The molecule has 1 N–H and O–H groups in total. The molecule has 1 spiro atoms. The van der Waals surface area contributed by atoms with Gasteiger partial charge in [-0.15, -0.1) is 0 Å². The van der Waals surface area contributed by atoms with Gasteiger partial charge in [-0.2, -0.15) is 0 Å². The molecule has 0 aliphatic carbocycles. The molecule has 8 nitrogen and oxygen atoms in total. The third-order valence-electron chi connectivity index (χ3n) is 7.58. The SMILES string of the molecule is CC(=O)[C@@H]1[C@H](C(=O)c2cccc([N+](=O)[O-])c2)[C@@]2(C(=O)Nc3ccccc32)[C@@H]2C=Cc3ccccc3N12. The van der Waals surface area contributed by atoms with Gasteiger partial charge < -0.3 is 10.2 Å². The zero-order chi connectivity index (χ0) is 25.2. The average molecular weight is 479 g/mol. The first-order valence-corrected chi connectivity index (χ1v) is 11.6. The van der Waals surface area contributed by atoms with Crippen LogP contribution in [-0.2, 0) is 15.0 Å². The molecule has 0 aromatic heterocycles. The van der Waals surface area contributed by atoms with Crippen LogP contribution in [0.3, 0.4) is 0 Å². The smallest absolute Gasteiger partial charge is 0.270 e. The van der Waals surface area contributed by atoms with Crippen LogP contribution in [0.4, 0.5) is 17.1 Å². The molecule has 0 bridgehead atoms. The number of para-hydroxylation sites is 2. The van der Waals surface area contributed by atoms with Gasteiger partial charge in [0.2, 0.25) is 5.91 Å². The molecule has 0 saturated carbocycles. The van der Waals surface area contributed by atoms with Crippen molar-refractivity contribution in [2.75, 3.05) is 10.2 Å². The molecule has 6 rings (SSSR count). The summed E-state index contributed by atoms with van der Waals surface area (Å²) in [4.78, 5) is 54.4. The van der Waals surface area contributed by atoms with Crippen LogP contribution in [0.2, 0.25) is 0 Å². The zero-order valence-electron chi connectivity index (χ0n) is 19.3. The number of hydrogen-bond acceptors (Lipinski definition) is 6. The van der Waals surface area contributed by atoms with Crippen molar-refractivity contribution < 1.29 is 19.3 Å². The number of carbonyl (C=O) groups is 3. The van der Waals surface area contributed by atoms with Gasteiger partial charge in [-0.25, -0.2) is 0 Å². The van der Waals surface area contributed by atoms with Crippen LogP contribution in [0.5, 0.6) is 0 Å². The number of nitro benzene ring substituents is 1. The number of anilines is 2. The maximum Gasteiger partial charge on any atom is 0.270 e. The van der Waals surface area contributed by atoms with Gasteiger partial charge in [-0.05, 0) is 30.2 Å². The number of Topliss-reactive ketones (excluding diaryl/α,β-unsaturated/α-hetero) is 2. The van der Waals surface area contributed by atoms with Crippen molar-refractivity contribution in [3.8, 4) is 0 Å². The van der Waals surface area contributed by atoms with Crippen molar-refractivity contribution in [1.82, 2.24) is 0 Å². The number of carbonyl (C=O) groups excluding carboxylic acids is 3. The Balaban J connectivity index is 1.65. The van der Waals surface area contributed by atoms with Crippen LogP contribution < -0.4 is 10.2 Å². The second-order valence-electron chi connectivity index (χ2n) is 9.34. The van der Waals surface area contributed by atoms with E-state index < -0.39 is 34.1 Å². The molecule has 3 aliphatic rings. The summed E-state index contributed by atoms with van der Waals surface area (Å²) in [5.41, 5.74) is 1.33. The van der Waals surface area contributed by atoms with Gasteiger partial charge in [0.25, 0.3) is 5.69 Å². The van der Waals surface area contributed by atoms with Crippen LogP contribution >= 0.6 is 0 Å². The molecule has 3 heterocycles. The maximum atomic E-state index is 14.3. The minimum atomic E-state index is -1.40. The van der Waals surface area contributed by atoms with E-state index in [-0.39, 0.29) is 22.9 Å². The Morgan fingerprint density at radius 3 is 2.56 bits per heavy atom. The highest BCUT2D eigenvalue weighted by atomic mass is 16.6. The Kier molecular flexibility index (Phi) is 4.69. The van der Waals surface area contributed by atoms with Crippen LogP contribution in [0.25, 0.3) is 6.08 Å². The summed E-state index contributed by atoms with van der Waals surface area (Å²) < 4.78 is 0. The van der Waals surface area contributed by atoms with Crippen LogP contribution in [0.1, 0.15) is 28.4 Å². The van der Waals surface area contributed by atoms with Crippen molar-refractivity contribution in [3.63, 3.8) is 0 Å². The number of nitro groups is 1. The molecule has 8 heteroatoms. The van der Waals surface area contributed by atoms with E-state index in [2.05, 4.69) is 5.32 Å². The van der Waals surface area contributed by atoms with E-state index in [1.54, 1.807) is 12.1 Å². The van der Waals surface area contributed by atoms with E-state index in [0.717, 1.165) is 11.3 Å². The number of benzene rings is 3. The molecule has 36 heavy (non-hydrogen) atoms. The normalized spacial score (nSPS) is 25.2. The first kappa shape index (κ1) is 21.9. The predicted octanol–water partition coefficient (Wildman–Crippen LogP) is 4.16. The topological polar surface area (TPSA) is 110 Å². The van der Waals surface area contributed by atoms with Crippen molar-refractivity contribution in [3.05, 3.63) is 106 Å². The molecule has 3 aromatic carbocycles. The number of rotatable bonds is 4. The largest absolute Gasteiger partial charge is 0.352 e. The van der Waals surface area contributed by atoms with Crippen molar-refractivity contribution in [1.29, 1.82) is 0 Å². The summed E-state index contributed by atoms with van der Waals surface area (Å²) >= 11 is 0. The van der Waals surface area contributed by atoms with Gasteiger partial charge >= 0.3 is 0 Å². The molecule has 3 aromatic rings. The first-order valence-electron chi connectivity index (χ1n) is 11.6. The summed E-state index contributed by atoms with van der Waals surface area (Å²) in [6.45, 7) is 1.42. The summed E-state index contributed by atoms with van der Waals surface area (Å²) in [6.07, 6.45) is 3.81. The number of nitrogens with zero attached hydrogens (tertiary/aromatic N) is 2. The van der Waals surface area contributed by atoms with Gasteiger partial charge in [-0.3, -0.25) is 24.5 Å². The number of fused-ring (bicyclic) bond motifs is 6.